The van der Waals surface area contributed by atoms with Gasteiger partial charge in [-0.25, -0.2) is 0 Å². The molecule has 2 unspecified atom stereocenters. The summed E-state index contributed by atoms with van der Waals surface area (Å²) in [6, 6.07) is 14.2. The number of para-hydroxylation sites is 4. The van der Waals surface area contributed by atoms with Crippen molar-refractivity contribution < 1.29 is 29.3 Å². The molecule has 0 bridgehead atoms. The molecular weight excluding hydrogens is 388 g/mol. The first-order valence-corrected chi connectivity index (χ1v) is 9.54. The van der Waals surface area contributed by atoms with Gasteiger partial charge in [0.25, 0.3) is 0 Å². The van der Waals surface area contributed by atoms with Crippen molar-refractivity contribution in [2.45, 2.75) is 39.9 Å². The topological polar surface area (TPSA) is 117 Å². The van der Waals surface area contributed by atoms with Crippen LogP contribution in [0.4, 0.5) is 11.4 Å². The maximum atomic E-state index is 10.9. The number of carbonyl (C=O) groups is 2. The number of carbonyl (C=O) groups excluding carboxylic acids is 2. The third kappa shape index (κ3) is 10.4. The second kappa shape index (κ2) is 13.2. The number of rotatable bonds is 8. The normalized spacial score (nSPS) is 11.9. The van der Waals surface area contributed by atoms with E-state index < -0.39 is 12.2 Å². The zero-order valence-corrected chi connectivity index (χ0v) is 17.7. The quantitative estimate of drug-likeness (QED) is 0.524. The van der Waals surface area contributed by atoms with E-state index in [0.29, 0.717) is 22.9 Å². The van der Waals surface area contributed by atoms with E-state index in [4.69, 9.17) is 19.7 Å². The van der Waals surface area contributed by atoms with Crippen molar-refractivity contribution in [3.05, 3.63) is 48.5 Å². The first kappa shape index (κ1) is 24.9. The fraction of sp³-hybridized carbons (Fsp3) is 0.364. The zero-order valence-electron chi connectivity index (χ0n) is 17.7. The molecule has 0 aliphatic heterocycles. The van der Waals surface area contributed by atoms with E-state index in [1.54, 1.807) is 50.2 Å². The number of aliphatic hydroxyl groups excluding tert-OH is 2. The summed E-state index contributed by atoms with van der Waals surface area (Å²) in [5, 5.41) is 23.5. The van der Waals surface area contributed by atoms with Crippen LogP contribution < -0.4 is 20.1 Å². The third-order valence-electron chi connectivity index (χ3n) is 3.36. The molecule has 2 aromatic carbocycles. The molecule has 30 heavy (non-hydrogen) atoms. The van der Waals surface area contributed by atoms with Crippen LogP contribution in [-0.4, -0.2) is 47.4 Å². The molecule has 164 valence electrons. The van der Waals surface area contributed by atoms with Gasteiger partial charge >= 0.3 is 0 Å². The zero-order chi connectivity index (χ0) is 22.5. The summed E-state index contributed by atoms with van der Waals surface area (Å²) in [6.45, 7) is 6.56. The molecule has 2 atom stereocenters. The van der Waals surface area contributed by atoms with Crippen LogP contribution in [0.1, 0.15) is 27.7 Å². The third-order valence-corrected chi connectivity index (χ3v) is 3.36. The standard InChI is InChI=1S/2C11H15NO3/c2*1-8(13)7-15-11-6-4-3-5-10(11)12-9(2)14/h2*3-6,8,13H,7H2,1-2H3,(H,12,14). The molecule has 0 aliphatic carbocycles. The number of ether oxygens (including phenoxy) is 2. The highest BCUT2D eigenvalue weighted by Crippen LogP contribution is 2.24. The summed E-state index contributed by atoms with van der Waals surface area (Å²) < 4.78 is 10.7. The molecule has 4 N–H and O–H groups in total. The van der Waals surface area contributed by atoms with Gasteiger partial charge in [-0.1, -0.05) is 24.3 Å². The smallest absolute Gasteiger partial charge is 0.221 e. The van der Waals surface area contributed by atoms with E-state index in [2.05, 4.69) is 10.6 Å². The lowest BCUT2D eigenvalue weighted by Crippen LogP contribution is -2.14. The lowest BCUT2D eigenvalue weighted by molar-refractivity contribution is -0.115. The predicted molar refractivity (Wildman–Crippen MR) is 116 cm³/mol. The lowest BCUT2D eigenvalue weighted by atomic mass is 10.3. The minimum atomic E-state index is -0.532. The number of aliphatic hydroxyl groups is 2. The van der Waals surface area contributed by atoms with E-state index in [0.717, 1.165) is 0 Å². The molecule has 0 radical (unpaired) electrons. The second-order valence-electron chi connectivity index (χ2n) is 6.67. The average Bonchev–Trinajstić information content (AvgIpc) is 2.66. The van der Waals surface area contributed by atoms with Crippen LogP contribution in [0.2, 0.25) is 0 Å². The van der Waals surface area contributed by atoms with Gasteiger partial charge in [-0.05, 0) is 38.1 Å². The number of amides is 2. The van der Waals surface area contributed by atoms with E-state index >= 15 is 0 Å². The van der Waals surface area contributed by atoms with Crippen LogP contribution >= 0.6 is 0 Å². The maximum absolute atomic E-state index is 10.9. The minimum Gasteiger partial charge on any atom is -0.489 e. The van der Waals surface area contributed by atoms with Crippen LogP contribution in [0, 0.1) is 0 Å². The summed E-state index contributed by atoms with van der Waals surface area (Å²) in [5.41, 5.74) is 1.23. The Hall–Kier alpha value is -3.10. The number of hydrogen-bond donors (Lipinski definition) is 4. The Morgan fingerprint density at radius 1 is 0.767 bits per heavy atom. The van der Waals surface area contributed by atoms with Crippen molar-refractivity contribution in [1.82, 2.24) is 0 Å². The molecule has 0 heterocycles. The molecule has 0 saturated carbocycles. The lowest BCUT2D eigenvalue weighted by Gasteiger charge is -2.12. The summed E-state index contributed by atoms with van der Waals surface area (Å²) in [4.78, 5) is 21.8. The first-order valence-electron chi connectivity index (χ1n) is 9.54. The van der Waals surface area contributed by atoms with Gasteiger partial charge in [0.2, 0.25) is 11.8 Å². The van der Waals surface area contributed by atoms with Crippen molar-refractivity contribution in [2.24, 2.45) is 0 Å². The largest absolute Gasteiger partial charge is 0.489 e. The van der Waals surface area contributed by atoms with Crippen molar-refractivity contribution in [3.63, 3.8) is 0 Å². The van der Waals surface area contributed by atoms with Gasteiger partial charge in [-0.15, -0.1) is 0 Å². The van der Waals surface area contributed by atoms with Crippen molar-refractivity contribution in [1.29, 1.82) is 0 Å². The van der Waals surface area contributed by atoms with Gasteiger partial charge in [0, 0.05) is 13.8 Å². The molecule has 2 aromatic rings. The van der Waals surface area contributed by atoms with Crippen molar-refractivity contribution in [3.8, 4) is 11.5 Å². The highest BCUT2D eigenvalue weighted by molar-refractivity contribution is 5.90. The summed E-state index contributed by atoms with van der Waals surface area (Å²) in [6.07, 6.45) is -1.06. The summed E-state index contributed by atoms with van der Waals surface area (Å²) in [7, 11) is 0. The Balaban J connectivity index is 0.000000300. The van der Waals surface area contributed by atoms with Crippen LogP contribution in [0.3, 0.4) is 0 Å². The molecule has 2 amide bonds. The van der Waals surface area contributed by atoms with E-state index in [-0.39, 0.29) is 25.0 Å². The Kier molecular flexibility index (Phi) is 11.0. The molecule has 2 rings (SSSR count). The second-order valence-corrected chi connectivity index (χ2v) is 6.67. The Morgan fingerprint density at radius 3 is 1.40 bits per heavy atom. The van der Waals surface area contributed by atoms with Gasteiger partial charge in [-0.3, -0.25) is 9.59 Å². The van der Waals surface area contributed by atoms with Crippen molar-refractivity contribution in [2.75, 3.05) is 23.8 Å². The fourth-order valence-electron chi connectivity index (χ4n) is 2.19. The molecule has 8 nitrogen and oxygen atoms in total. The fourth-order valence-corrected chi connectivity index (χ4v) is 2.19. The number of anilines is 2. The van der Waals surface area contributed by atoms with Crippen LogP contribution in [0.5, 0.6) is 11.5 Å². The van der Waals surface area contributed by atoms with Gasteiger partial charge in [0.15, 0.2) is 0 Å². The molecule has 8 heteroatoms. The van der Waals surface area contributed by atoms with Gasteiger partial charge in [-0.2, -0.15) is 0 Å². The van der Waals surface area contributed by atoms with Gasteiger partial charge < -0.3 is 30.3 Å². The van der Waals surface area contributed by atoms with Crippen LogP contribution in [0.25, 0.3) is 0 Å². The van der Waals surface area contributed by atoms with E-state index in [1.807, 2.05) is 12.1 Å². The molecular formula is C22H30N2O6. The molecule has 0 fully saturated rings. The minimum absolute atomic E-state index is 0.150. The Morgan fingerprint density at radius 2 is 1.10 bits per heavy atom. The van der Waals surface area contributed by atoms with E-state index in [1.165, 1.54) is 13.8 Å². The molecule has 0 spiro atoms. The molecule has 0 aromatic heterocycles. The first-order chi connectivity index (χ1) is 14.2. The van der Waals surface area contributed by atoms with Crippen LogP contribution in [-0.2, 0) is 9.59 Å². The van der Waals surface area contributed by atoms with Crippen molar-refractivity contribution >= 4 is 23.2 Å². The highest BCUT2D eigenvalue weighted by atomic mass is 16.5. The van der Waals surface area contributed by atoms with E-state index in [9.17, 15) is 9.59 Å². The number of hydrogen-bond acceptors (Lipinski definition) is 6. The summed E-state index contributed by atoms with van der Waals surface area (Å²) in [5.74, 6) is 0.827. The Bertz CT molecular complexity index is 740. The predicted octanol–water partition coefficient (Wildman–Crippen LogP) is 2.81. The summed E-state index contributed by atoms with van der Waals surface area (Å²) >= 11 is 0. The molecule has 0 saturated heterocycles. The molecule has 0 aliphatic rings. The monoisotopic (exact) mass is 418 g/mol. The number of benzene rings is 2. The maximum Gasteiger partial charge on any atom is 0.221 e. The average molecular weight is 418 g/mol. The highest BCUT2D eigenvalue weighted by Gasteiger charge is 2.06. The number of nitrogens with one attached hydrogen (secondary N) is 2. The Labute approximate surface area is 176 Å². The van der Waals surface area contributed by atoms with Gasteiger partial charge in [0.1, 0.15) is 24.7 Å². The van der Waals surface area contributed by atoms with Crippen LogP contribution in [0.15, 0.2) is 48.5 Å². The van der Waals surface area contributed by atoms with Gasteiger partial charge in [0.05, 0.1) is 23.6 Å². The SMILES string of the molecule is CC(=O)Nc1ccccc1OCC(C)O.CC(=O)Nc1ccccc1OCC(C)O.